The number of esters is 1. The van der Waals surface area contributed by atoms with Gasteiger partial charge in [0.2, 0.25) is 5.91 Å². The number of nitrogens with one attached hydrogen (secondary N) is 1. The summed E-state index contributed by atoms with van der Waals surface area (Å²) < 4.78 is 10.0. The summed E-state index contributed by atoms with van der Waals surface area (Å²) in [7, 11) is 0. The maximum atomic E-state index is 12.1. The highest BCUT2D eigenvalue weighted by atomic mass is 35.5. The maximum absolute atomic E-state index is 12.1. The zero-order valence-electron chi connectivity index (χ0n) is 11.3. The first kappa shape index (κ1) is 18.1. The van der Waals surface area contributed by atoms with Crippen molar-refractivity contribution in [2.45, 2.75) is 26.2 Å². The first-order valence-corrected chi connectivity index (χ1v) is 6.36. The van der Waals surface area contributed by atoms with E-state index in [4.69, 9.17) is 15.2 Å². The summed E-state index contributed by atoms with van der Waals surface area (Å²) in [4.78, 5) is 23.2. The molecule has 1 aliphatic rings. The number of amides is 1. The van der Waals surface area contributed by atoms with Crippen LogP contribution in [0.3, 0.4) is 0 Å². The van der Waals surface area contributed by atoms with Crippen LogP contribution in [0.25, 0.3) is 0 Å². The number of ether oxygens (including phenoxy) is 2. The number of rotatable bonds is 6. The lowest BCUT2D eigenvalue weighted by Gasteiger charge is -2.34. The van der Waals surface area contributed by atoms with E-state index in [0.29, 0.717) is 45.8 Å². The SMILES string of the molecule is CCOC(=O)CCNC(=O)C1(CN)CCOCC1.Cl. The van der Waals surface area contributed by atoms with Crippen molar-refractivity contribution in [3.8, 4) is 0 Å². The molecule has 1 saturated heterocycles. The lowest BCUT2D eigenvalue weighted by Crippen LogP contribution is -2.49. The summed E-state index contributed by atoms with van der Waals surface area (Å²) in [6.07, 6.45) is 1.46. The van der Waals surface area contributed by atoms with Gasteiger partial charge < -0.3 is 20.5 Å². The van der Waals surface area contributed by atoms with E-state index in [1.165, 1.54) is 0 Å². The van der Waals surface area contributed by atoms with Crippen LogP contribution in [0.2, 0.25) is 0 Å². The van der Waals surface area contributed by atoms with E-state index in [2.05, 4.69) is 5.32 Å². The standard InChI is InChI=1S/C12H22N2O4.ClH/c1-2-18-10(15)3-6-14-11(16)12(9-13)4-7-17-8-5-12;/h2-9,13H2,1H3,(H,14,16);1H. The third-order valence-corrected chi connectivity index (χ3v) is 3.24. The molecule has 0 spiro atoms. The van der Waals surface area contributed by atoms with Gasteiger partial charge in [0.15, 0.2) is 0 Å². The van der Waals surface area contributed by atoms with Crippen molar-refractivity contribution in [1.29, 1.82) is 0 Å². The third kappa shape index (κ3) is 5.34. The predicted octanol–water partition coefficient (Wildman–Crippen LogP) is 0.233. The molecule has 1 fully saturated rings. The van der Waals surface area contributed by atoms with Crippen molar-refractivity contribution in [1.82, 2.24) is 5.32 Å². The fourth-order valence-corrected chi connectivity index (χ4v) is 1.98. The molecule has 3 N–H and O–H groups in total. The van der Waals surface area contributed by atoms with Crippen molar-refractivity contribution in [3.05, 3.63) is 0 Å². The Morgan fingerprint density at radius 2 is 2.00 bits per heavy atom. The second-order valence-corrected chi connectivity index (χ2v) is 4.41. The van der Waals surface area contributed by atoms with Crippen LogP contribution in [0.1, 0.15) is 26.2 Å². The van der Waals surface area contributed by atoms with Gasteiger partial charge >= 0.3 is 5.97 Å². The minimum absolute atomic E-state index is 0. The van der Waals surface area contributed by atoms with Crippen LogP contribution in [0, 0.1) is 5.41 Å². The Balaban J connectivity index is 0.00000324. The quantitative estimate of drug-likeness (QED) is 0.685. The van der Waals surface area contributed by atoms with Gasteiger partial charge in [-0.05, 0) is 19.8 Å². The van der Waals surface area contributed by atoms with Gasteiger partial charge in [-0.1, -0.05) is 0 Å². The van der Waals surface area contributed by atoms with Crippen molar-refractivity contribution < 1.29 is 19.1 Å². The fraction of sp³-hybridized carbons (Fsp3) is 0.833. The monoisotopic (exact) mass is 294 g/mol. The molecule has 1 aliphatic heterocycles. The fourth-order valence-electron chi connectivity index (χ4n) is 1.98. The largest absolute Gasteiger partial charge is 0.466 e. The number of hydrogen-bond acceptors (Lipinski definition) is 5. The van der Waals surface area contributed by atoms with Crippen molar-refractivity contribution in [2.24, 2.45) is 11.1 Å². The van der Waals surface area contributed by atoms with E-state index in [9.17, 15) is 9.59 Å². The highest BCUT2D eigenvalue weighted by molar-refractivity contribution is 5.85. The predicted molar refractivity (Wildman–Crippen MR) is 73.0 cm³/mol. The van der Waals surface area contributed by atoms with Gasteiger partial charge in [-0.25, -0.2) is 0 Å². The van der Waals surface area contributed by atoms with E-state index >= 15 is 0 Å². The zero-order chi connectivity index (χ0) is 13.4. The van der Waals surface area contributed by atoms with Crippen LogP contribution in [0.15, 0.2) is 0 Å². The molecular weight excluding hydrogens is 272 g/mol. The Morgan fingerprint density at radius 1 is 1.37 bits per heavy atom. The number of hydrogen-bond donors (Lipinski definition) is 2. The summed E-state index contributed by atoms with van der Waals surface area (Å²) in [5.41, 5.74) is 5.18. The van der Waals surface area contributed by atoms with Crippen LogP contribution in [0.5, 0.6) is 0 Å². The van der Waals surface area contributed by atoms with Crippen LogP contribution < -0.4 is 11.1 Å². The first-order chi connectivity index (χ1) is 8.64. The lowest BCUT2D eigenvalue weighted by molar-refractivity contribution is -0.143. The highest BCUT2D eigenvalue weighted by Gasteiger charge is 2.38. The minimum atomic E-state index is -0.535. The molecule has 0 aromatic heterocycles. The first-order valence-electron chi connectivity index (χ1n) is 6.36. The van der Waals surface area contributed by atoms with Gasteiger partial charge in [-0.3, -0.25) is 9.59 Å². The molecule has 1 amide bonds. The molecule has 1 rings (SSSR count). The van der Waals surface area contributed by atoms with Crippen molar-refractivity contribution in [2.75, 3.05) is 32.9 Å². The number of carbonyl (C=O) groups is 2. The summed E-state index contributed by atoms with van der Waals surface area (Å²) in [5, 5.41) is 2.76. The van der Waals surface area contributed by atoms with Crippen LogP contribution >= 0.6 is 12.4 Å². The molecule has 0 bridgehead atoms. The van der Waals surface area contributed by atoms with E-state index in [1.54, 1.807) is 6.92 Å². The van der Waals surface area contributed by atoms with Crippen LogP contribution in [-0.4, -0.2) is 44.8 Å². The average molecular weight is 295 g/mol. The summed E-state index contributed by atoms with van der Waals surface area (Å²) in [6.45, 7) is 3.83. The van der Waals surface area contributed by atoms with Crippen molar-refractivity contribution in [3.63, 3.8) is 0 Å². The van der Waals surface area contributed by atoms with Crippen LogP contribution in [0.4, 0.5) is 0 Å². The summed E-state index contributed by atoms with van der Waals surface area (Å²) in [6, 6.07) is 0. The molecule has 0 atom stereocenters. The van der Waals surface area contributed by atoms with Gasteiger partial charge in [-0.2, -0.15) is 0 Å². The molecule has 1 heterocycles. The summed E-state index contributed by atoms with van der Waals surface area (Å²) in [5.74, 6) is -0.385. The maximum Gasteiger partial charge on any atom is 0.307 e. The van der Waals surface area contributed by atoms with E-state index in [-0.39, 0.29) is 30.7 Å². The molecule has 0 unspecified atom stereocenters. The normalized spacial score (nSPS) is 17.2. The van der Waals surface area contributed by atoms with Gasteiger partial charge in [0.25, 0.3) is 0 Å². The van der Waals surface area contributed by atoms with Gasteiger partial charge in [0.1, 0.15) is 0 Å². The summed E-state index contributed by atoms with van der Waals surface area (Å²) >= 11 is 0. The van der Waals surface area contributed by atoms with E-state index in [0.717, 1.165) is 0 Å². The lowest BCUT2D eigenvalue weighted by atomic mass is 9.79. The molecule has 0 aromatic rings. The Morgan fingerprint density at radius 3 is 2.53 bits per heavy atom. The minimum Gasteiger partial charge on any atom is -0.466 e. The Labute approximate surface area is 119 Å². The van der Waals surface area contributed by atoms with E-state index < -0.39 is 5.41 Å². The molecule has 0 radical (unpaired) electrons. The molecule has 7 heteroatoms. The Kier molecular flexibility index (Phi) is 8.71. The Bertz CT molecular complexity index is 293. The second kappa shape index (κ2) is 9.12. The van der Waals surface area contributed by atoms with Crippen molar-refractivity contribution >= 4 is 24.3 Å². The smallest absolute Gasteiger partial charge is 0.307 e. The number of carbonyl (C=O) groups excluding carboxylic acids is 2. The average Bonchev–Trinajstić information content (AvgIpc) is 2.39. The van der Waals surface area contributed by atoms with Gasteiger partial charge in [-0.15, -0.1) is 12.4 Å². The molecule has 112 valence electrons. The highest BCUT2D eigenvalue weighted by Crippen LogP contribution is 2.29. The van der Waals surface area contributed by atoms with E-state index in [1.807, 2.05) is 0 Å². The molecule has 0 aliphatic carbocycles. The number of nitrogens with two attached hydrogens (primary N) is 1. The van der Waals surface area contributed by atoms with Gasteiger partial charge in [0, 0.05) is 26.3 Å². The third-order valence-electron chi connectivity index (χ3n) is 3.24. The molecular formula is C12H23ClN2O4. The zero-order valence-corrected chi connectivity index (χ0v) is 12.1. The second-order valence-electron chi connectivity index (χ2n) is 4.41. The molecule has 19 heavy (non-hydrogen) atoms. The Hall–Kier alpha value is -0.850. The topological polar surface area (TPSA) is 90.7 Å². The van der Waals surface area contributed by atoms with Crippen LogP contribution in [-0.2, 0) is 19.1 Å². The number of halogens is 1. The molecule has 6 nitrogen and oxygen atoms in total. The van der Waals surface area contributed by atoms with Gasteiger partial charge in [0.05, 0.1) is 18.4 Å². The molecule has 0 saturated carbocycles. The molecule has 0 aromatic carbocycles.